The van der Waals surface area contributed by atoms with Gasteiger partial charge in [-0.3, -0.25) is 9.59 Å². The Kier molecular flexibility index (Phi) is 2.83. The molecule has 1 atom stereocenters. The van der Waals surface area contributed by atoms with Crippen molar-refractivity contribution >= 4 is 11.9 Å². The maximum absolute atomic E-state index is 13.7. The van der Waals surface area contributed by atoms with E-state index in [9.17, 15) is 14.0 Å². The normalized spacial score (nSPS) is 23.5. The smallest absolute Gasteiger partial charge is 0.304 e. The van der Waals surface area contributed by atoms with E-state index in [-0.39, 0.29) is 25.3 Å². The van der Waals surface area contributed by atoms with Gasteiger partial charge in [0.15, 0.2) is 0 Å². The summed E-state index contributed by atoms with van der Waals surface area (Å²) in [6.07, 6.45) is -0.243. The molecule has 2 rings (SSSR count). The first kappa shape index (κ1) is 11.6. The molecule has 1 saturated heterocycles. The number of carboxylic acids is 1. The maximum Gasteiger partial charge on any atom is 0.304 e. The monoisotopic (exact) mass is 237 g/mol. The van der Waals surface area contributed by atoms with Gasteiger partial charge >= 0.3 is 5.97 Å². The minimum atomic E-state index is -1.04. The average Bonchev–Trinajstić information content (AvgIpc) is 2.60. The lowest BCUT2D eigenvalue weighted by Crippen LogP contribution is -2.32. The third-order valence-corrected chi connectivity index (χ3v) is 3.06. The molecule has 0 aromatic heterocycles. The van der Waals surface area contributed by atoms with E-state index in [4.69, 9.17) is 5.11 Å². The molecule has 1 fully saturated rings. The fraction of sp³-hybridized carbons (Fsp3) is 0.333. The number of aliphatic carboxylic acids is 1. The van der Waals surface area contributed by atoms with Crippen molar-refractivity contribution < 1.29 is 19.1 Å². The summed E-state index contributed by atoms with van der Waals surface area (Å²) in [5.41, 5.74) is -0.672. The van der Waals surface area contributed by atoms with Gasteiger partial charge in [0.2, 0.25) is 5.91 Å². The van der Waals surface area contributed by atoms with E-state index in [0.29, 0.717) is 5.56 Å². The fourth-order valence-corrected chi connectivity index (χ4v) is 2.29. The second-order valence-corrected chi connectivity index (χ2v) is 4.28. The molecule has 17 heavy (non-hydrogen) atoms. The molecule has 1 aliphatic heterocycles. The van der Waals surface area contributed by atoms with E-state index in [1.54, 1.807) is 12.1 Å². The number of carbonyl (C=O) groups is 2. The Hall–Kier alpha value is -1.91. The predicted octanol–water partition coefficient (Wildman–Crippen LogP) is 1.06. The van der Waals surface area contributed by atoms with Crippen LogP contribution in [0.1, 0.15) is 18.4 Å². The topological polar surface area (TPSA) is 66.4 Å². The molecular weight excluding hydrogens is 225 g/mol. The molecule has 0 aliphatic carbocycles. The highest BCUT2D eigenvalue weighted by Gasteiger charge is 2.43. The lowest BCUT2D eigenvalue weighted by atomic mass is 9.76. The maximum atomic E-state index is 13.7. The highest BCUT2D eigenvalue weighted by atomic mass is 19.1. The van der Waals surface area contributed by atoms with Gasteiger partial charge in [0, 0.05) is 18.4 Å². The molecular formula is C12H12FNO3. The summed E-state index contributed by atoms with van der Waals surface area (Å²) in [5, 5.41) is 11.5. The minimum absolute atomic E-state index is 0.0141. The van der Waals surface area contributed by atoms with E-state index in [1.807, 2.05) is 0 Å². The van der Waals surface area contributed by atoms with Crippen molar-refractivity contribution in [1.82, 2.24) is 5.32 Å². The molecule has 0 bridgehead atoms. The number of halogens is 1. The van der Waals surface area contributed by atoms with Crippen LogP contribution in [0, 0.1) is 5.82 Å². The number of rotatable bonds is 3. The molecule has 1 amide bonds. The molecule has 0 radical (unpaired) electrons. The lowest BCUT2D eigenvalue weighted by Gasteiger charge is -2.26. The van der Waals surface area contributed by atoms with Crippen LogP contribution in [0.2, 0.25) is 0 Å². The van der Waals surface area contributed by atoms with Crippen LogP contribution < -0.4 is 5.32 Å². The average molecular weight is 237 g/mol. The number of hydrogen-bond donors (Lipinski definition) is 2. The molecule has 5 heteroatoms. The molecule has 2 N–H and O–H groups in total. The molecule has 1 heterocycles. The summed E-state index contributed by atoms with van der Waals surface area (Å²) in [5.74, 6) is -1.75. The molecule has 0 saturated carbocycles. The van der Waals surface area contributed by atoms with Crippen molar-refractivity contribution in [3.63, 3.8) is 0 Å². The molecule has 1 unspecified atom stereocenters. The number of hydrogen-bond acceptors (Lipinski definition) is 2. The van der Waals surface area contributed by atoms with E-state index in [0.717, 1.165) is 0 Å². The summed E-state index contributed by atoms with van der Waals surface area (Å²) in [6.45, 7) is 0.166. The first-order valence-corrected chi connectivity index (χ1v) is 5.27. The third kappa shape index (κ3) is 2.13. The number of nitrogens with one attached hydrogen (secondary N) is 1. The fourth-order valence-electron chi connectivity index (χ4n) is 2.29. The quantitative estimate of drug-likeness (QED) is 0.826. The zero-order chi connectivity index (χ0) is 12.5. The zero-order valence-electron chi connectivity index (χ0n) is 9.07. The molecule has 4 nitrogen and oxygen atoms in total. The highest BCUT2D eigenvalue weighted by Crippen LogP contribution is 2.36. The third-order valence-electron chi connectivity index (χ3n) is 3.06. The summed E-state index contributed by atoms with van der Waals surface area (Å²) < 4.78 is 13.7. The van der Waals surface area contributed by atoms with Crippen LogP contribution in [0.15, 0.2) is 24.3 Å². The van der Waals surface area contributed by atoms with E-state index in [1.165, 1.54) is 12.1 Å². The summed E-state index contributed by atoms with van der Waals surface area (Å²) in [7, 11) is 0. The van der Waals surface area contributed by atoms with Crippen molar-refractivity contribution in [2.45, 2.75) is 18.3 Å². The standard InChI is InChI=1S/C12H12FNO3/c13-9-4-2-1-3-8(9)12(6-11(16)17)5-10(15)14-7-12/h1-4H,5-7H2,(H,14,15)(H,16,17). The number of carboxylic acid groups (broad SMARTS) is 1. The van der Waals surface area contributed by atoms with Gasteiger partial charge in [0.25, 0.3) is 0 Å². The van der Waals surface area contributed by atoms with Crippen molar-refractivity contribution in [3.05, 3.63) is 35.6 Å². The molecule has 1 aromatic rings. The second-order valence-electron chi connectivity index (χ2n) is 4.28. The van der Waals surface area contributed by atoms with Gasteiger partial charge in [0.05, 0.1) is 6.42 Å². The van der Waals surface area contributed by atoms with Gasteiger partial charge < -0.3 is 10.4 Å². The first-order chi connectivity index (χ1) is 8.03. The largest absolute Gasteiger partial charge is 0.481 e. The number of amides is 1. The lowest BCUT2D eigenvalue weighted by molar-refractivity contribution is -0.138. The Labute approximate surface area is 97.4 Å². The Bertz CT molecular complexity index is 475. The van der Waals surface area contributed by atoms with Gasteiger partial charge in [-0.1, -0.05) is 18.2 Å². The van der Waals surface area contributed by atoms with E-state index in [2.05, 4.69) is 5.32 Å². The molecule has 0 spiro atoms. The van der Waals surface area contributed by atoms with Crippen LogP contribution in [0.4, 0.5) is 4.39 Å². The Morgan fingerprint density at radius 2 is 2.18 bits per heavy atom. The van der Waals surface area contributed by atoms with Crippen LogP contribution in [-0.4, -0.2) is 23.5 Å². The van der Waals surface area contributed by atoms with Crippen molar-refractivity contribution in [2.75, 3.05) is 6.54 Å². The number of carbonyl (C=O) groups excluding carboxylic acids is 1. The molecule has 1 aliphatic rings. The molecule has 1 aromatic carbocycles. The van der Waals surface area contributed by atoms with Gasteiger partial charge in [-0.15, -0.1) is 0 Å². The Morgan fingerprint density at radius 3 is 2.71 bits per heavy atom. The van der Waals surface area contributed by atoms with Gasteiger partial charge in [-0.25, -0.2) is 4.39 Å². The van der Waals surface area contributed by atoms with Gasteiger partial charge in [0.1, 0.15) is 5.82 Å². The summed E-state index contributed by atoms with van der Waals surface area (Å²) in [6, 6.07) is 6.00. The van der Waals surface area contributed by atoms with Crippen LogP contribution in [0.5, 0.6) is 0 Å². The van der Waals surface area contributed by atoms with Gasteiger partial charge in [-0.05, 0) is 11.6 Å². The molecule has 90 valence electrons. The van der Waals surface area contributed by atoms with Crippen LogP contribution in [-0.2, 0) is 15.0 Å². The summed E-state index contributed by atoms with van der Waals surface area (Å²) in [4.78, 5) is 22.2. The Balaban J connectivity index is 2.44. The summed E-state index contributed by atoms with van der Waals surface area (Å²) >= 11 is 0. The zero-order valence-corrected chi connectivity index (χ0v) is 9.07. The van der Waals surface area contributed by atoms with Crippen LogP contribution >= 0.6 is 0 Å². The van der Waals surface area contributed by atoms with Crippen LogP contribution in [0.3, 0.4) is 0 Å². The van der Waals surface area contributed by atoms with Gasteiger partial charge in [-0.2, -0.15) is 0 Å². The van der Waals surface area contributed by atoms with Crippen molar-refractivity contribution in [3.8, 4) is 0 Å². The predicted molar refractivity (Wildman–Crippen MR) is 58.0 cm³/mol. The Morgan fingerprint density at radius 1 is 1.47 bits per heavy atom. The number of benzene rings is 1. The van der Waals surface area contributed by atoms with Crippen molar-refractivity contribution in [1.29, 1.82) is 0 Å². The first-order valence-electron chi connectivity index (χ1n) is 5.27. The SMILES string of the molecule is O=C(O)CC1(c2ccccc2F)CNC(=O)C1. The minimum Gasteiger partial charge on any atom is -0.481 e. The van der Waals surface area contributed by atoms with Crippen molar-refractivity contribution in [2.24, 2.45) is 0 Å². The van der Waals surface area contributed by atoms with E-state index >= 15 is 0 Å². The van der Waals surface area contributed by atoms with Crippen LogP contribution in [0.25, 0.3) is 0 Å². The highest BCUT2D eigenvalue weighted by molar-refractivity contribution is 5.83. The second kappa shape index (κ2) is 4.16. The van der Waals surface area contributed by atoms with E-state index < -0.39 is 17.2 Å².